The molecule has 0 aliphatic carbocycles. The summed E-state index contributed by atoms with van der Waals surface area (Å²) in [4.78, 5) is 45.5. The van der Waals surface area contributed by atoms with Gasteiger partial charge in [0.05, 0.1) is 0 Å². The maximum absolute atomic E-state index is 11.7. The van der Waals surface area contributed by atoms with E-state index in [-0.39, 0.29) is 22.6 Å². The van der Waals surface area contributed by atoms with E-state index in [0.29, 0.717) is 7.28 Å². The second-order valence-corrected chi connectivity index (χ2v) is 4.59. The van der Waals surface area contributed by atoms with Crippen LogP contribution in [-0.4, -0.2) is 41.2 Å². The summed E-state index contributed by atoms with van der Waals surface area (Å²) in [6, 6.07) is 10.8. The van der Waals surface area contributed by atoms with Gasteiger partial charge in [-0.15, -0.1) is 0 Å². The van der Waals surface area contributed by atoms with E-state index in [4.69, 9.17) is 19.7 Å². The van der Waals surface area contributed by atoms with Gasteiger partial charge in [-0.3, -0.25) is 9.59 Å². The SMILES string of the molecule is O=C([B]C(=O)Oc1ccccc1C(=O)O)Oc1ccccc1C(=O)O. The molecule has 0 aliphatic heterocycles. The van der Waals surface area contributed by atoms with Crippen molar-refractivity contribution < 1.29 is 38.9 Å². The standard InChI is InChI=1S/C16H10BO8/c18-13(19)9-5-1-3-7-11(9)24-15(22)17-16(23)25-12-8-4-2-6-10(12)14(20)21/h1-8H,(H,18,19)(H,20,21). The number of carbonyl (C=O) groups is 4. The molecule has 2 aromatic carbocycles. The number of ether oxygens (including phenoxy) is 2. The number of rotatable bonds is 6. The highest BCUT2D eigenvalue weighted by atomic mass is 16.5. The van der Waals surface area contributed by atoms with Crippen LogP contribution in [-0.2, 0) is 0 Å². The molecule has 0 heterocycles. The molecule has 2 N–H and O–H groups in total. The molecule has 0 saturated heterocycles. The lowest BCUT2D eigenvalue weighted by atomic mass is 9.79. The quantitative estimate of drug-likeness (QED) is 0.767. The molecule has 0 spiro atoms. The lowest BCUT2D eigenvalue weighted by Gasteiger charge is -2.08. The van der Waals surface area contributed by atoms with E-state index in [9.17, 15) is 19.2 Å². The van der Waals surface area contributed by atoms with E-state index in [1.165, 1.54) is 48.5 Å². The van der Waals surface area contributed by atoms with Crippen LogP contribution in [0.3, 0.4) is 0 Å². The van der Waals surface area contributed by atoms with Gasteiger partial charge in [-0.25, -0.2) is 9.59 Å². The molecule has 9 heteroatoms. The molecule has 0 aromatic heterocycles. The zero-order valence-electron chi connectivity index (χ0n) is 12.5. The lowest BCUT2D eigenvalue weighted by molar-refractivity contribution is 0.0683. The fourth-order valence-corrected chi connectivity index (χ4v) is 1.84. The number of para-hydroxylation sites is 2. The molecule has 125 valence electrons. The average Bonchev–Trinajstić information content (AvgIpc) is 2.55. The predicted octanol–water partition coefficient (Wildman–Crippen LogP) is 2.49. The van der Waals surface area contributed by atoms with Crippen molar-refractivity contribution >= 4 is 31.0 Å². The Kier molecular flexibility index (Phi) is 5.52. The molecule has 8 nitrogen and oxygen atoms in total. The summed E-state index contributed by atoms with van der Waals surface area (Å²) in [5.74, 6) is -5.41. The van der Waals surface area contributed by atoms with Crippen LogP contribution in [0, 0.1) is 0 Å². The maximum atomic E-state index is 11.7. The summed E-state index contributed by atoms with van der Waals surface area (Å²) >= 11 is 0. The van der Waals surface area contributed by atoms with E-state index in [1.54, 1.807) is 0 Å². The number of carboxylic acid groups (broad SMARTS) is 2. The van der Waals surface area contributed by atoms with Gasteiger partial charge < -0.3 is 19.7 Å². The van der Waals surface area contributed by atoms with Crippen molar-refractivity contribution in [2.45, 2.75) is 0 Å². The van der Waals surface area contributed by atoms with Gasteiger partial charge in [0.1, 0.15) is 22.6 Å². The first-order valence-corrected chi connectivity index (χ1v) is 6.81. The summed E-state index contributed by atoms with van der Waals surface area (Å²) in [6.45, 7) is 0. The molecule has 0 fully saturated rings. The number of carboxylic acids is 2. The molecule has 0 amide bonds. The Morgan fingerprint density at radius 3 is 1.40 bits per heavy atom. The van der Waals surface area contributed by atoms with Gasteiger partial charge in [-0.2, -0.15) is 0 Å². The fraction of sp³-hybridized carbons (Fsp3) is 0. The Morgan fingerprint density at radius 1 is 0.680 bits per heavy atom. The highest BCUT2D eigenvalue weighted by molar-refractivity contribution is 6.95. The monoisotopic (exact) mass is 341 g/mol. The van der Waals surface area contributed by atoms with Crippen molar-refractivity contribution in [3.05, 3.63) is 59.7 Å². The second kappa shape index (κ2) is 7.78. The molecule has 0 unspecified atom stereocenters. The van der Waals surface area contributed by atoms with Gasteiger partial charge in [0, 0.05) is 0 Å². The molecule has 0 atom stereocenters. The summed E-state index contributed by atoms with van der Waals surface area (Å²) in [7, 11) is 0.442. The Labute approximate surface area is 141 Å². The van der Waals surface area contributed by atoms with Crippen molar-refractivity contribution in [1.29, 1.82) is 0 Å². The van der Waals surface area contributed by atoms with Crippen LogP contribution in [0.25, 0.3) is 0 Å². The van der Waals surface area contributed by atoms with Crippen LogP contribution in [0.1, 0.15) is 20.7 Å². The van der Waals surface area contributed by atoms with Crippen molar-refractivity contribution in [3.8, 4) is 11.5 Å². The van der Waals surface area contributed by atoms with Crippen LogP contribution >= 0.6 is 0 Å². The van der Waals surface area contributed by atoms with E-state index in [2.05, 4.69) is 0 Å². The zero-order chi connectivity index (χ0) is 18.4. The molecule has 2 rings (SSSR count). The number of aromatic carboxylic acids is 2. The summed E-state index contributed by atoms with van der Waals surface area (Å²) in [5.41, 5.74) is -0.511. The number of hydrogen-bond acceptors (Lipinski definition) is 6. The molecule has 0 saturated carbocycles. The van der Waals surface area contributed by atoms with Crippen molar-refractivity contribution in [2.24, 2.45) is 0 Å². The van der Waals surface area contributed by atoms with Crippen LogP contribution in [0.15, 0.2) is 48.5 Å². The molecule has 2 aromatic rings. The molecule has 0 aliphatic rings. The van der Waals surface area contributed by atoms with Crippen molar-refractivity contribution in [2.75, 3.05) is 0 Å². The highest BCUT2D eigenvalue weighted by Crippen LogP contribution is 2.19. The second-order valence-electron chi connectivity index (χ2n) is 4.59. The smallest absolute Gasteiger partial charge is 0.406 e. The van der Waals surface area contributed by atoms with E-state index in [1.807, 2.05) is 0 Å². The molecule has 25 heavy (non-hydrogen) atoms. The van der Waals surface area contributed by atoms with Gasteiger partial charge in [0.15, 0.2) is 0 Å². The Morgan fingerprint density at radius 2 is 1.04 bits per heavy atom. The van der Waals surface area contributed by atoms with E-state index in [0.717, 1.165) is 0 Å². The van der Waals surface area contributed by atoms with E-state index >= 15 is 0 Å². The van der Waals surface area contributed by atoms with Gasteiger partial charge in [-0.1, -0.05) is 24.3 Å². The first-order chi connectivity index (χ1) is 11.9. The number of benzene rings is 2. The summed E-state index contributed by atoms with van der Waals surface area (Å²) in [5, 5.41) is 18.0. The Hall–Kier alpha value is -3.62. The third-order valence-electron chi connectivity index (χ3n) is 2.89. The first-order valence-electron chi connectivity index (χ1n) is 6.81. The van der Waals surface area contributed by atoms with Crippen LogP contribution in [0.5, 0.6) is 11.5 Å². The largest absolute Gasteiger partial charge is 0.478 e. The lowest BCUT2D eigenvalue weighted by Crippen LogP contribution is -2.27. The minimum atomic E-state index is -1.30. The highest BCUT2D eigenvalue weighted by Gasteiger charge is 2.22. The van der Waals surface area contributed by atoms with Crippen LogP contribution in [0.4, 0.5) is 9.59 Å². The predicted molar refractivity (Wildman–Crippen MR) is 84.6 cm³/mol. The topological polar surface area (TPSA) is 127 Å². The Balaban J connectivity index is 2.03. The maximum Gasteiger partial charge on any atom is 0.406 e. The van der Waals surface area contributed by atoms with E-state index < -0.39 is 23.7 Å². The van der Waals surface area contributed by atoms with Crippen molar-refractivity contribution in [3.63, 3.8) is 0 Å². The molecular weight excluding hydrogens is 331 g/mol. The van der Waals surface area contributed by atoms with Crippen molar-refractivity contribution in [1.82, 2.24) is 0 Å². The molecular formula is C16H10BO8. The normalized spacial score (nSPS) is 9.76. The van der Waals surface area contributed by atoms with Gasteiger partial charge in [-0.05, 0) is 24.3 Å². The van der Waals surface area contributed by atoms with Crippen LogP contribution < -0.4 is 9.47 Å². The average molecular weight is 341 g/mol. The number of hydrogen-bond donors (Lipinski definition) is 2. The minimum Gasteiger partial charge on any atom is -0.478 e. The Bertz CT molecular complexity index is 776. The van der Waals surface area contributed by atoms with Crippen LogP contribution in [0.2, 0.25) is 0 Å². The van der Waals surface area contributed by atoms with Gasteiger partial charge >= 0.3 is 19.2 Å². The minimum absolute atomic E-state index is 0.241. The first kappa shape index (κ1) is 17.7. The van der Waals surface area contributed by atoms with Gasteiger partial charge in [0.2, 0.25) is 0 Å². The fourth-order valence-electron chi connectivity index (χ4n) is 1.84. The third-order valence-corrected chi connectivity index (χ3v) is 2.89. The summed E-state index contributed by atoms with van der Waals surface area (Å²) in [6.07, 6.45) is 0. The summed E-state index contributed by atoms with van der Waals surface area (Å²) < 4.78 is 9.60. The van der Waals surface area contributed by atoms with Gasteiger partial charge in [0.25, 0.3) is 11.7 Å². The zero-order valence-corrected chi connectivity index (χ0v) is 12.5. The number of carbonyl (C=O) groups excluding carboxylic acids is 2. The third kappa shape index (κ3) is 4.68. The molecule has 1 radical (unpaired) electrons. The molecule has 0 bridgehead atoms.